The minimum Gasteiger partial charge on any atom is -0.497 e. The Kier molecular flexibility index (Phi) is 6.27. The number of amides is 1. The van der Waals surface area contributed by atoms with Crippen LogP contribution in [0, 0.1) is 0 Å². The van der Waals surface area contributed by atoms with Gasteiger partial charge in [0.25, 0.3) is 0 Å². The highest BCUT2D eigenvalue weighted by Crippen LogP contribution is 2.30. The Hall–Kier alpha value is -1.30. The number of carbonyl (C=O) groups is 1. The summed E-state index contributed by atoms with van der Waals surface area (Å²) in [6.45, 7) is 6.37. The lowest BCUT2D eigenvalue weighted by Gasteiger charge is -2.36. The average molecular weight is 340 g/mol. The van der Waals surface area contributed by atoms with Crippen LogP contribution in [0.4, 0.5) is 5.69 Å². The maximum Gasteiger partial charge on any atom is 0.241 e. The summed E-state index contributed by atoms with van der Waals surface area (Å²) in [6.07, 6.45) is 2.03. The first-order valence-electron chi connectivity index (χ1n) is 8.11. The maximum atomic E-state index is 12.8. The molecule has 0 unspecified atom stereocenters. The van der Waals surface area contributed by atoms with E-state index in [0.717, 1.165) is 50.5 Å². The molecule has 0 aliphatic carbocycles. The van der Waals surface area contributed by atoms with Gasteiger partial charge >= 0.3 is 0 Å². The molecule has 2 heterocycles. The van der Waals surface area contributed by atoms with E-state index in [-0.39, 0.29) is 18.3 Å². The smallest absolute Gasteiger partial charge is 0.241 e. The van der Waals surface area contributed by atoms with Gasteiger partial charge in [-0.25, -0.2) is 0 Å². The van der Waals surface area contributed by atoms with Crippen molar-refractivity contribution >= 4 is 24.0 Å². The third-order valence-corrected chi connectivity index (χ3v) is 4.68. The molecule has 1 saturated heterocycles. The topological polar surface area (TPSA) is 44.8 Å². The lowest BCUT2D eigenvalue weighted by atomic mass is 10.0. The zero-order chi connectivity index (χ0) is 15.5. The number of hydrogen-bond donors (Lipinski definition) is 1. The molecular weight excluding hydrogens is 314 g/mol. The van der Waals surface area contributed by atoms with Crippen LogP contribution in [-0.4, -0.2) is 56.7 Å². The molecule has 3 rings (SSSR count). The maximum absolute atomic E-state index is 12.8. The van der Waals surface area contributed by atoms with Gasteiger partial charge < -0.3 is 15.0 Å². The Morgan fingerprint density at radius 1 is 1.39 bits per heavy atom. The number of aryl methyl sites for hydroxylation is 1. The number of fused-ring (bicyclic) bond motifs is 1. The molecular formula is C17H26ClN3O2. The standard InChI is InChI=1S/C17H25N3O2.ClH/c1-13-11-18-7-9-19(13)12-17(21)20-8-3-4-14-10-15(22-2)5-6-16(14)20;/h5-6,10,13,18H,3-4,7-9,11-12H2,1-2H3;1H/t13-;/m1./s1. The van der Waals surface area contributed by atoms with Gasteiger partial charge in [0.2, 0.25) is 5.91 Å². The summed E-state index contributed by atoms with van der Waals surface area (Å²) in [4.78, 5) is 17.0. The number of benzene rings is 1. The minimum atomic E-state index is 0. The minimum absolute atomic E-state index is 0. The quantitative estimate of drug-likeness (QED) is 0.910. The predicted octanol–water partition coefficient (Wildman–Crippen LogP) is 1.69. The second kappa shape index (κ2) is 7.99. The molecule has 2 aliphatic heterocycles. The second-order valence-corrected chi connectivity index (χ2v) is 6.17. The number of rotatable bonds is 3. The largest absolute Gasteiger partial charge is 0.497 e. The van der Waals surface area contributed by atoms with Crippen molar-refractivity contribution in [2.45, 2.75) is 25.8 Å². The summed E-state index contributed by atoms with van der Waals surface area (Å²) >= 11 is 0. The number of halogens is 1. The third kappa shape index (κ3) is 3.97. The van der Waals surface area contributed by atoms with Crippen LogP contribution in [0.15, 0.2) is 18.2 Å². The molecule has 1 aromatic rings. The van der Waals surface area contributed by atoms with Crippen molar-refractivity contribution in [1.82, 2.24) is 10.2 Å². The monoisotopic (exact) mass is 339 g/mol. The van der Waals surface area contributed by atoms with E-state index in [2.05, 4.69) is 23.2 Å². The van der Waals surface area contributed by atoms with Gasteiger partial charge in [0.15, 0.2) is 0 Å². The van der Waals surface area contributed by atoms with Crippen LogP contribution in [0.5, 0.6) is 5.75 Å². The number of nitrogens with zero attached hydrogens (tertiary/aromatic N) is 2. The van der Waals surface area contributed by atoms with Gasteiger partial charge in [-0.05, 0) is 43.5 Å². The molecule has 1 amide bonds. The number of ether oxygens (including phenoxy) is 1. The summed E-state index contributed by atoms with van der Waals surface area (Å²) < 4.78 is 5.29. The average Bonchev–Trinajstić information content (AvgIpc) is 2.55. The predicted molar refractivity (Wildman–Crippen MR) is 94.8 cm³/mol. The van der Waals surface area contributed by atoms with Crippen molar-refractivity contribution < 1.29 is 9.53 Å². The van der Waals surface area contributed by atoms with Crippen molar-refractivity contribution in [3.63, 3.8) is 0 Å². The number of methoxy groups -OCH3 is 1. The number of carbonyl (C=O) groups excluding carboxylic acids is 1. The van der Waals surface area contributed by atoms with E-state index in [0.29, 0.717) is 12.6 Å². The molecule has 1 aromatic carbocycles. The van der Waals surface area contributed by atoms with Crippen LogP contribution < -0.4 is 15.0 Å². The second-order valence-electron chi connectivity index (χ2n) is 6.17. The summed E-state index contributed by atoms with van der Waals surface area (Å²) in [5, 5.41) is 3.37. The SMILES string of the molecule is COc1ccc2c(c1)CCCN2C(=O)CN1CCNC[C@H]1C.Cl. The summed E-state index contributed by atoms with van der Waals surface area (Å²) in [5.74, 6) is 1.07. The third-order valence-electron chi connectivity index (χ3n) is 4.68. The van der Waals surface area contributed by atoms with Crippen LogP contribution in [0.25, 0.3) is 0 Å². The molecule has 0 bridgehead atoms. The van der Waals surface area contributed by atoms with E-state index in [9.17, 15) is 4.79 Å². The van der Waals surface area contributed by atoms with Crippen LogP contribution in [0.3, 0.4) is 0 Å². The van der Waals surface area contributed by atoms with Gasteiger partial charge in [0.05, 0.1) is 13.7 Å². The fourth-order valence-corrected chi connectivity index (χ4v) is 3.34. The van der Waals surface area contributed by atoms with Crippen LogP contribution in [-0.2, 0) is 11.2 Å². The molecule has 1 N–H and O–H groups in total. The van der Waals surface area contributed by atoms with Crippen molar-refractivity contribution in [3.05, 3.63) is 23.8 Å². The summed E-state index contributed by atoms with van der Waals surface area (Å²) in [5.41, 5.74) is 2.27. The van der Waals surface area contributed by atoms with Gasteiger partial charge in [0, 0.05) is 37.9 Å². The van der Waals surface area contributed by atoms with Crippen LogP contribution in [0.2, 0.25) is 0 Å². The van der Waals surface area contributed by atoms with E-state index in [1.165, 1.54) is 5.56 Å². The van der Waals surface area contributed by atoms with E-state index in [1.54, 1.807) is 7.11 Å². The molecule has 0 spiro atoms. The molecule has 6 heteroatoms. The molecule has 5 nitrogen and oxygen atoms in total. The molecule has 1 fully saturated rings. The van der Waals surface area contributed by atoms with Gasteiger partial charge in [-0.3, -0.25) is 9.69 Å². The zero-order valence-electron chi connectivity index (χ0n) is 13.9. The van der Waals surface area contributed by atoms with E-state index >= 15 is 0 Å². The Balaban J connectivity index is 0.00000192. The Labute approximate surface area is 144 Å². The fraction of sp³-hybridized carbons (Fsp3) is 0.588. The zero-order valence-corrected chi connectivity index (χ0v) is 14.7. The summed E-state index contributed by atoms with van der Waals surface area (Å²) in [6, 6.07) is 6.43. The molecule has 23 heavy (non-hydrogen) atoms. The van der Waals surface area contributed by atoms with Crippen molar-refractivity contribution in [2.75, 3.05) is 44.7 Å². The lowest BCUT2D eigenvalue weighted by molar-refractivity contribution is -0.120. The molecule has 128 valence electrons. The number of piperazine rings is 1. The first-order valence-corrected chi connectivity index (χ1v) is 8.11. The Morgan fingerprint density at radius 3 is 2.96 bits per heavy atom. The highest BCUT2D eigenvalue weighted by Gasteiger charge is 2.26. The molecule has 2 aliphatic rings. The molecule has 0 saturated carbocycles. The van der Waals surface area contributed by atoms with E-state index in [1.807, 2.05) is 17.0 Å². The Bertz CT molecular complexity index is 553. The normalized spacial score (nSPS) is 21.3. The molecule has 0 aromatic heterocycles. The first kappa shape index (κ1) is 18.0. The van der Waals surface area contributed by atoms with E-state index < -0.39 is 0 Å². The fourth-order valence-electron chi connectivity index (χ4n) is 3.34. The molecule has 0 radical (unpaired) electrons. The number of anilines is 1. The van der Waals surface area contributed by atoms with Crippen molar-refractivity contribution in [1.29, 1.82) is 0 Å². The van der Waals surface area contributed by atoms with Gasteiger partial charge in [-0.2, -0.15) is 0 Å². The summed E-state index contributed by atoms with van der Waals surface area (Å²) in [7, 11) is 1.68. The van der Waals surface area contributed by atoms with Crippen LogP contribution in [0.1, 0.15) is 18.9 Å². The van der Waals surface area contributed by atoms with Gasteiger partial charge in [-0.1, -0.05) is 0 Å². The number of hydrogen-bond acceptors (Lipinski definition) is 4. The van der Waals surface area contributed by atoms with Crippen molar-refractivity contribution in [3.8, 4) is 5.75 Å². The number of nitrogens with one attached hydrogen (secondary N) is 1. The van der Waals surface area contributed by atoms with Crippen molar-refractivity contribution in [2.24, 2.45) is 0 Å². The molecule has 1 atom stereocenters. The van der Waals surface area contributed by atoms with E-state index in [4.69, 9.17) is 4.74 Å². The Morgan fingerprint density at radius 2 is 2.22 bits per heavy atom. The highest BCUT2D eigenvalue weighted by molar-refractivity contribution is 5.96. The first-order chi connectivity index (χ1) is 10.7. The van der Waals surface area contributed by atoms with Gasteiger partial charge in [0.1, 0.15) is 5.75 Å². The lowest BCUT2D eigenvalue weighted by Crippen LogP contribution is -2.53. The highest BCUT2D eigenvalue weighted by atomic mass is 35.5. The van der Waals surface area contributed by atoms with Gasteiger partial charge in [-0.15, -0.1) is 12.4 Å². The van der Waals surface area contributed by atoms with Crippen LogP contribution >= 0.6 is 12.4 Å².